The highest BCUT2D eigenvalue weighted by molar-refractivity contribution is 6.20. The van der Waals surface area contributed by atoms with Crippen molar-refractivity contribution in [3.05, 3.63) is 206 Å². The van der Waals surface area contributed by atoms with Crippen LogP contribution in [0.1, 0.15) is 0 Å². The summed E-state index contributed by atoms with van der Waals surface area (Å²) in [6.45, 7) is 0. The third-order valence-corrected chi connectivity index (χ3v) is 11.6. The van der Waals surface area contributed by atoms with Crippen LogP contribution in [-0.4, -0.2) is 4.57 Å². The molecule has 0 radical (unpaired) electrons. The Kier molecular flexibility index (Phi) is 7.20. The zero-order valence-corrected chi connectivity index (χ0v) is 31.3. The molecule has 0 saturated carbocycles. The zero-order chi connectivity index (χ0) is 38.2. The molecule has 0 aliphatic carbocycles. The van der Waals surface area contributed by atoms with Gasteiger partial charge in [-0.2, -0.15) is 0 Å². The van der Waals surface area contributed by atoms with Crippen molar-refractivity contribution in [2.24, 2.45) is 0 Å². The van der Waals surface area contributed by atoms with Gasteiger partial charge >= 0.3 is 0 Å². The van der Waals surface area contributed by atoms with Gasteiger partial charge in [0.1, 0.15) is 16.7 Å². The molecule has 0 N–H and O–H groups in total. The zero-order valence-electron chi connectivity index (χ0n) is 31.3. The third-order valence-electron chi connectivity index (χ3n) is 11.6. The van der Waals surface area contributed by atoms with Crippen molar-refractivity contribution in [1.29, 1.82) is 0 Å². The molecular weight excluding hydrogens is 709 g/mol. The van der Waals surface area contributed by atoms with Crippen LogP contribution in [0.15, 0.2) is 215 Å². The second kappa shape index (κ2) is 12.9. The number of fused-ring (bicyclic) bond motifs is 9. The molecule has 0 bridgehead atoms. The molecule has 12 rings (SSSR count). The van der Waals surface area contributed by atoms with Gasteiger partial charge in [-0.3, -0.25) is 0 Å². The summed E-state index contributed by atoms with van der Waals surface area (Å²) in [4.78, 5) is 2.36. The average molecular weight is 743 g/mol. The van der Waals surface area contributed by atoms with Gasteiger partial charge in [-0.25, -0.2) is 0 Å². The molecule has 0 atom stereocenters. The van der Waals surface area contributed by atoms with Crippen LogP contribution in [-0.2, 0) is 0 Å². The number of anilines is 3. The van der Waals surface area contributed by atoms with Crippen molar-refractivity contribution in [3.8, 4) is 27.9 Å². The highest BCUT2D eigenvalue weighted by Gasteiger charge is 2.26. The predicted octanol–water partition coefficient (Wildman–Crippen LogP) is 15.4. The Bertz CT molecular complexity index is 3500. The molecule has 3 heterocycles. The van der Waals surface area contributed by atoms with Crippen molar-refractivity contribution in [3.63, 3.8) is 0 Å². The maximum atomic E-state index is 6.80. The summed E-state index contributed by atoms with van der Waals surface area (Å²) in [5.74, 6) is 0. The van der Waals surface area contributed by atoms with Gasteiger partial charge in [0.05, 0.1) is 28.1 Å². The Balaban J connectivity index is 1.24. The van der Waals surface area contributed by atoms with Gasteiger partial charge in [-0.15, -0.1) is 0 Å². The molecule has 0 aliphatic rings. The second-order valence-corrected chi connectivity index (χ2v) is 14.9. The van der Waals surface area contributed by atoms with Crippen molar-refractivity contribution < 1.29 is 8.83 Å². The minimum absolute atomic E-state index is 0.823. The Morgan fingerprint density at radius 2 is 0.931 bits per heavy atom. The molecule has 4 nitrogen and oxygen atoms in total. The number of rotatable bonds is 6. The molecule has 0 spiro atoms. The Morgan fingerprint density at radius 3 is 1.69 bits per heavy atom. The molecule has 0 unspecified atom stereocenters. The van der Waals surface area contributed by atoms with E-state index in [4.69, 9.17) is 8.83 Å². The summed E-state index contributed by atoms with van der Waals surface area (Å²) in [5.41, 5.74) is 14.3. The summed E-state index contributed by atoms with van der Waals surface area (Å²) < 4.78 is 15.8. The normalized spacial score (nSPS) is 11.8. The number of hydrogen-bond donors (Lipinski definition) is 0. The van der Waals surface area contributed by atoms with Crippen LogP contribution < -0.4 is 4.90 Å². The van der Waals surface area contributed by atoms with E-state index in [0.29, 0.717) is 0 Å². The average Bonchev–Trinajstić information content (AvgIpc) is 3.97. The SMILES string of the molecule is c1ccc(-c2cc(-c3ccccc3)c3c(c2)c2cccc(N(c4ccc5c(c4)oc4ccccc45)c4cccc5c4oc4ccccc45)c2n3-c2ccccc2)cc1. The van der Waals surface area contributed by atoms with Crippen molar-refractivity contribution in [2.45, 2.75) is 0 Å². The van der Waals surface area contributed by atoms with E-state index >= 15 is 0 Å². The van der Waals surface area contributed by atoms with Crippen LogP contribution in [0.3, 0.4) is 0 Å². The maximum Gasteiger partial charge on any atom is 0.159 e. The lowest BCUT2D eigenvalue weighted by molar-refractivity contribution is 0.667. The molecular formula is C54H34N2O2. The first kappa shape index (κ1) is 32.4. The lowest BCUT2D eigenvalue weighted by Gasteiger charge is -2.27. The maximum absolute atomic E-state index is 6.80. The smallest absolute Gasteiger partial charge is 0.159 e. The number of para-hydroxylation sites is 5. The van der Waals surface area contributed by atoms with E-state index in [0.717, 1.165) is 94.2 Å². The van der Waals surface area contributed by atoms with Gasteiger partial charge in [-0.05, 0) is 77.4 Å². The van der Waals surface area contributed by atoms with Gasteiger partial charge in [0.15, 0.2) is 5.58 Å². The van der Waals surface area contributed by atoms with Gasteiger partial charge in [-0.1, -0.05) is 140 Å². The Labute approximate surface area is 334 Å². The van der Waals surface area contributed by atoms with Crippen molar-refractivity contribution >= 4 is 82.7 Å². The van der Waals surface area contributed by atoms with E-state index in [1.54, 1.807) is 0 Å². The number of benzene rings is 9. The summed E-state index contributed by atoms with van der Waals surface area (Å²) in [6.07, 6.45) is 0. The second-order valence-electron chi connectivity index (χ2n) is 14.9. The summed E-state index contributed by atoms with van der Waals surface area (Å²) in [5, 5.41) is 6.67. The van der Waals surface area contributed by atoms with Crippen LogP contribution in [0.2, 0.25) is 0 Å². The summed E-state index contributed by atoms with van der Waals surface area (Å²) in [7, 11) is 0. The van der Waals surface area contributed by atoms with Crippen LogP contribution in [0.4, 0.5) is 17.1 Å². The van der Waals surface area contributed by atoms with Crippen molar-refractivity contribution in [2.75, 3.05) is 4.90 Å². The first-order valence-corrected chi connectivity index (χ1v) is 19.7. The topological polar surface area (TPSA) is 34.5 Å². The highest BCUT2D eigenvalue weighted by Crippen LogP contribution is 2.49. The van der Waals surface area contributed by atoms with Crippen LogP contribution >= 0.6 is 0 Å². The lowest BCUT2D eigenvalue weighted by Crippen LogP contribution is -2.12. The number of furan rings is 2. The molecule has 0 fully saturated rings. The highest BCUT2D eigenvalue weighted by atomic mass is 16.3. The summed E-state index contributed by atoms with van der Waals surface area (Å²) in [6, 6.07) is 73.2. The number of nitrogens with zero attached hydrogens (tertiary/aromatic N) is 2. The molecule has 12 aromatic rings. The van der Waals surface area contributed by atoms with E-state index in [9.17, 15) is 0 Å². The minimum atomic E-state index is 0.823. The molecule has 9 aromatic carbocycles. The Morgan fingerprint density at radius 1 is 0.345 bits per heavy atom. The number of hydrogen-bond acceptors (Lipinski definition) is 3. The van der Waals surface area contributed by atoms with Crippen molar-refractivity contribution in [1.82, 2.24) is 4.57 Å². The van der Waals surface area contributed by atoms with Crippen LogP contribution in [0.5, 0.6) is 0 Å². The third kappa shape index (κ3) is 4.95. The van der Waals surface area contributed by atoms with E-state index in [2.05, 4.69) is 191 Å². The fourth-order valence-corrected chi connectivity index (χ4v) is 9.00. The standard InChI is InChI=1S/C54H34N2O2/c1-4-16-35(17-5-1)37-32-45(36-18-6-2-7-19-36)52-46(33-37)43-24-14-26-47(53(43)56(52)38-20-8-3-9-21-38)55(39-30-31-42-40-22-10-12-28-49(40)57-51(42)34-39)48-27-15-25-44-41-23-11-13-29-50(41)58-54(44)48/h1-34H. The molecule has 3 aromatic heterocycles. The van der Waals surface area contributed by atoms with Crippen LogP contribution in [0, 0.1) is 0 Å². The fourth-order valence-electron chi connectivity index (χ4n) is 9.00. The van der Waals surface area contributed by atoms with E-state index in [-0.39, 0.29) is 0 Å². The van der Waals surface area contributed by atoms with Gasteiger partial charge < -0.3 is 18.3 Å². The molecule has 0 aliphatic heterocycles. The minimum Gasteiger partial charge on any atom is -0.456 e. The van der Waals surface area contributed by atoms with Gasteiger partial charge in [0.25, 0.3) is 0 Å². The quantitative estimate of drug-likeness (QED) is 0.170. The van der Waals surface area contributed by atoms with E-state index in [1.165, 1.54) is 16.5 Å². The summed E-state index contributed by atoms with van der Waals surface area (Å²) >= 11 is 0. The molecule has 0 amide bonds. The number of aromatic nitrogens is 1. The molecule has 0 saturated heterocycles. The fraction of sp³-hybridized carbons (Fsp3) is 0. The monoisotopic (exact) mass is 742 g/mol. The predicted molar refractivity (Wildman–Crippen MR) is 241 cm³/mol. The van der Waals surface area contributed by atoms with Crippen LogP contribution in [0.25, 0.3) is 93.6 Å². The van der Waals surface area contributed by atoms with Gasteiger partial charge in [0.2, 0.25) is 0 Å². The van der Waals surface area contributed by atoms with E-state index in [1.807, 2.05) is 24.3 Å². The lowest BCUT2D eigenvalue weighted by atomic mass is 9.95. The first-order valence-electron chi connectivity index (χ1n) is 19.7. The largest absolute Gasteiger partial charge is 0.456 e. The van der Waals surface area contributed by atoms with E-state index < -0.39 is 0 Å². The molecule has 58 heavy (non-hydrogen) atoms. The first-order chi connectivity index (χ1) is 28.8. The Hall–Kier alpha value is -7.82. The molecule has 272 valence electrons. The van der Waals surface area contributed by atoms with Gasteiger partial charge in [0, 0.05) is 49.6 Å². The molecule has 4 heteroatoms.